The number of carboxylic acids is 1. The molecule has 1 N–H and O–H groups in total. The van der Waals surface area contributed by atoms with Crippen molar-refractivity contribution in [2.45, 2.75) is 19.0 Å². The fourth-order valence-corrected chi connectivity index (χ4v) is 3.12. The first-order valence-corrected chi connectivity index (χ1v) is 7.58. The van der Waals surface area contributed by atoms with Crippen molar-refractivity contribution < 1.29 is 9.90 Å². The number of aromatic nitrogens is 3. The third-order valence-corrected chi connectivity index (χ3v) is 4.37. The molecule has 1 aliphatic heterocycles. The normalized spacial score (nSPS) is 17.8. The summed E-state index contributed by atoms with van der Waals surface area (Å²) in [5, 5.41) is 12.9. The second kappa shape index (κ2) is 6.00. The molecule has 1 aromatic carbocycles. The Morgan fingerprint density at radius 2 is 2.04 bits per heavy atom. The zero-order valence-electron chi connectivity index (χ0n) is 13.6. The topological polar surface area (TPSA) is 74.5 Å². The number of aromatic carboxylic acids is 1. The van der Waals surface area contributed by atoms with Crippen LogP contribution in [0.3, 0.4) is 0 Å². The lowest BCUT2D eigenvalue weighted by molar-refractivity contribution is 0.0683. The van der Waals surface area contributed by atoms with Crippen LogP contribution in [0.1, 0.15) is 21.7 Å². The second-order valence-corrected chi connectivity index (χ2v) is 6.09. The van der Waals surface area contributed by atoms with Crippen LogP contribution in [0.2, 0.25) is 0 Å². The van der Waals surface area contributed by atoms with Gasteiger partial charge < -0.3 is 10.0 Å². The quantitative estimate of drug-likeness (QED) is 0.907. The number of hydrogen-bond acceptors (Lipinski definition) is 5. The van der Waals surface area contributed by atoms with Crippen molar-refractivity contribution >= 4 is 11.9 Å². The van der Waals surface area contributed by atoms with E-state index < -0.39 is 5.97 Å². The Bertz CT molecular complexity index is 727. The SMILES string of the molecule is CN(CC1Cc2ccccc2CN1C)c1nc(C(=O)O)nn1C. The Balaban J connectivity index is 1.75. The van der Waals surface area contributed by atoms with E-state index in [1.165, 1.54) is 15.8 Å². The Morgan fingerprint density at radius 3 is 2.70 bits per heavy atom. The molecular formula is C16H21N5O2. The molecule has 1 aliphatic rings. The number of carbonyl (C=O) groups is 1. The lowest BCUT2D eigenvalue weighted by atomic mass is 9.94. The van der Waals surface area contributed by atoms with Crippen LogP contribution < -0.4 is 4.90 Å². The van der Waals surface area contributed by atoms with E-state index in [1.54, 1.807) is 7.05 Å². The van der Waals surface area contributed by atoms with Gasteiger partial charge in [-0.15, -0.1) is 5.10 Å². The van der Waals surface area contributed by atoms with Crippen LogP contribution in [0.5, 0.6) is 0 Å². The largest absolute Gasteiger partial charge is 0.475 e. The summed E-state index contributed by atoms with van der Waals surface area (Å²) in [5.41, 5.74) is 2.76. The highest BCUT2D eigenvalue weighted by Crippen LogP contribution is 2.23. The molecule has 7 nitrogen and oxygen atoms in total. The Labute approximate surface area is 135 Å². The van der Waals surface area contributed by atoms with Gasteiger partial charge in [-0.05, 0) is 24.6 Å². The summed E-state index contributed by atoms with van der Waals surface area (Å²) in [6, 6.07) is 8.85. The van der Waals surface area contributed by atoms with Gasteiger partial charge in [-0.2, -0.15) is 4.98 Å². The molecule has 0 spiro atoms. The molecule has 1 aromatic heterocycles. The second-order valence-electron chi connectivity index (χ2n) is 6.09. The zero-order valence-corrected chi connectivity index (χ0v) is 13.6. The van der Waals surface area contributed by atoms with Gasteiger partial charge in [0.25, 0.3) is 5.82 Å². The highest BCUT2D eigenvalue weighted by molar-refractivity contribution is 5.83. The number of carboxylic acid groups (broad SMARTS) is 1. The number of likely N-dealkylation sites (N-methyl/N-ethyl adjacent to an activating group) is 2. The first-order valence-electron chi connectivity index (χ1n) is 7.58. The average molecular weight is 315 g/mol. The molecule has 0 amide bonds. The van der Waals surface area contributed by atoms with E-state index in [9.17, 15) is 4.79 Å². The number of aryl methyl sites for hydroxylation is 1. The standard InChI is InChI=1S/C16H21N5O2/c1-19-9-12-7-5-4-6-11(12)8-13(19)10-20(2)16-17-14(15(22)23)18-21(16)3/h4-7,13H,8-10H2,1-3H3,(H,22,23). The summed E-state index contributed by atoms with van der Waals surface area (Å²) < 4.78 is 1.51. The maximum atomic E-state index is 11.0. The molecular weight excluding hydrogens is 294 g/mol. The van der Waals surface area contributed by atoms with Crippen LogP contribution in [0.15, 0.2) is 24.3 Å². The van der Waals surface area contributed by atoms with E-state index in [4.69, 9.17) is 5.11 Å². The van der Waals surface area contributed by atoms with Gasteiger partial charge in [-0.1, -0.05) is 24.3 Å². The molecule has 0 radical (unpaired) electrons. The number of nitrogens with zero attached hydrogens (tertiary/aromatic N) is 5. The number of hydrogen-bond donors (Lipinski definition) is 1. The number of fused-ring (bicyclic) bond motifs is 1. The molecule has 122 valence electrons. The van der Waals surface area contributed by atoms with Gasteiger partial charge in [-0.25, -0.2) is 9.48 Å². The van der Waals surface area contributed by atoms with Gasteiger partial charge in [0.05, 0.1) is 0 Å². The lowest BCUT2D eigenvalue weighted by Crippen LogP contribution is -2.45. The fraction of sp³-hybridized carbons (Fsp3) is 0.438. The summed E-state index contributed by atoms with van der Waals surface area (Å²) in [4.78, 5) is 19.4. The summed E-state index contributed by atoms with van der Waals surface area (Å²) in [6.07, 6.45) is 0.973. The summed E-state index contributed by atoms with van der Waals surface area (Å²) in [7, 11) is 5.75. The summed E-state index contributed by atoms with van der Waals surface area (Å²) in [6.45, 7) is 1.68. The van der Waals surface area contributed by atoms with Crippen molar-refractivity contribution in [3.05, 3.63) is 41.2 Å². The maximum absolute atomic E-state index is 11.0. The number of rotatable bonds is 4. The summed E-state index contributed by atoms with van der Waals surface area (Å²) in [5.74, 6) is -0.713. The van der Waals surface area contributed by atoms with Crippen LogP contribution in [0.25, 0.3) is 0 Å². The van der Waals surface area contributed by atoms with E-state index >= 15 is 0 Å². The van der Waals surface area contributed by atoms with Crippen LogP contribution >= 0.6 is 0 Å². The van der Waals surface area contributed by atoms with Crippen LogP contribution in [-0.2, 0) is 20.0 Å². The van der Waals surface area contributed by atoms with Crippen molar-refractivity contribution in [3.8, 4) is 0 Å². The van der Waals surface area contributed by atoms with Gasteiger partial charge in [0.15, 0.2) is 0 Å². The van der Waals surface area contributed by atoms with E-state index in [0.717, 1.165) is 19.5 Å². The average Bonchev–Trinajstić information content (AvgIpc) is 2.90. The van der Waals surface area contributed by atoms with Crippen LogP contribution in [0, 0.1) is 0 Å². The molecule has 1 unspecified atom stereocenters. The lowest BCUT2D eigenvalue weighted by Gasteiger charge is -2.36. The Kier molecular flexibility index (Phi) is 4.04. The van der Waals surface area contributed by atoms with E-state index in [0.29, 0.717) is 12.0 Å². The van der Waals surface area contributed by atoms with Gasteiger partial charge in [0.1, 0.15) is 0 Å². The molecule has 2 aromatic rings. The highest BCUT2D eigenvalue weighted by Gasteiger charge is 2.26. The van der Waals surface area contributed by atoms with E-state index in [2.05, 4.69) is 46.3 Å². The monoisotopic (exact) mass is 315 g/mol. The molecule has 3 rings (SSSR count). The fourth-order valence-electron chi connectivity index (χ4n) is 3.12. The van der Waals surface area contributed by atoms with E-state index in [1.807, 2.05) is 11.9 Å². The molecule has 0 aliphatic carbocycles. The molecule has 0 bridgehead atoms. The number of benzene rings is 1. The molecule has 1 atom stereocenters. The predicted octanol–water partition coefficient (Wildman–Crippen LogP) is 1.01. The first-order chi connectivity index (χ1) is 11.0. The third-order valence-electron chi connectivity index (χ3n) is 4.37. The van der Waals surface area contributed by atoms with Crippen molar-refractivity contribution in [1.82, 2.24) is 19.7 Å². The van der Waals surface area contributed by atoms with Crippen molar-refractivity contribution in [2.75, 3.05) is 25.5 Å². The van der Waals surface area contributed by atoms with Crippen LogP contribution in [0.4, 0.5) is 5.95 Å². The Morgan fingerprint density at radius 1 is 1.35 bits per heavy atom. The minimum Gasteiger partial charge on any atom is -0.475 e. The maximum Gasteiger partial charge on any atom is 0.375 e. The van der Waals surface area contributed by atoms with Crippen molar-refractivity contribution in [3.63, 3.8) is 0 Å². The predicted molar refractivity (Wildman–Crippen MR) is 86.6 cm³/mol. The minimum atomic E-state index is -1.11. The van der Waals surface area contributed by atoms with E-state index in [-0.39, 0.29) is 5.82 Å². The highest BCUT2D eigenvalue weighted by atomic mass is 16.4. The molecule has 2 heterocycles. The van der Waals surface area contributed by atoms with Gasteiger partial charge in [-0.3, -0.25) is 4.90 Å². The summed E-state index contributed by atoms with van der Waals surface area (Å²) >= 11 is 0. The third kappa shape index (κ3) is 3.05. The van der Waals surface area contributed by atoms with Gasteiger partial charge >= 0.3 is 5.97 Å². The smallest absolute Gasteiger partial charge is 0.375 e. The van der Waals surface area contributed by atoms with Crippen molar-refractivity contribution in [1.29, 1.82) is 0 Å². The molecule has 0 fully saturated rings. The zero-order chi connectivity index (χ0) is 16.6. The van der Waals surface area contributed by atoms with Crippen LogP contribution in [-0.4, -0.2) is 57.4 Å². The Hall–Kier alpha value is -2.41. The van der Waals surface area contributed by atoms with Gasteiger partial charge in [0.2, 0.25) is 5.95 Å². The van der Waals surface area contributed by atoms with Gasteiger partial charge in [0, 0.05) is 33.2 Å². The molecule has 0 saturated heterocycles. The molecule has 7 heteroatoms. The number of anilines is 1. The minimum absolute atomic E-state index is 0.170. The molecule has 0 saturated carbocycles. The first kappa shape index (κ1) is 15.5. The van der Waals surface area contributed by atoms with Crippen molar-refractivity contribution in [2.24, 2.45) is 7.05 Å². The molecule has 23 heavy (non-hydrogen) atoms.